The van der Waals surface area contributed by atoms with Crippen LogP contribution in [0.3, 0.4) is 0 Å². The molecule has 0 fully saturated rings. The van der Waals surface area contributed by atoms with E-state index in [0.29, 0.717) is 0 Å². The monoisotopic (exact) mass is 327 g/mol. The van der Waals surface area contributed by atoms with E-state index in [1.54, 1.807) is 0 Å². The van der Waals surface area contributed by atoms with E-state index in [1.165, 1.54) is 53.2 Å². The van der Waals surface area contributed by atoms with E-state index >= 15 is 0 Å². The number of para-hydroxylation sites is 1. The Morgan fingerprint density at radius 3 is 2.62 bits per heavy atom. The van der Waals surface area contributed by atoms with Gasteiger partial charge in [-0.05, 0) is 25.1 Å². The molecule has 0 amide bonds. The van der Waals surface area contributed by atoms with Crippen molar-refractivity contribution < 1.29 is 4.57 Å². The lowest BCUT2D eigenvalue weighted by Gasteiger charge is -2.07. The highest BCUT2D eigenvalue weighted by molar-refractivity contribution is 7.20. The molecule has 6 rings (SSSR count). The summed E-state index contributed by atoms with van der Waals surface area (Å²) in [5, 5.41) is 5.48. The fraction of sp³-hybridized carbons (Fsp3) is 0.0952. The van der Waals surface area contributed by atoms with Crippen molar-refractivity contribution in [3.8, 4) is 0 Å². The van der Waals surface area contributed by atoms with E-state index in [0.717, 1.165) is 0 Å². The predicted octanol–water partition coefficient (Wildman–Crippen LogP) is 5.18. The number of hydrogen-bond donors (Lipinski definition) is 0. The third kappa shape index (κ3) is 1.28. The number of benzene rings is 2. The molecule has 0 saturated carbocycles. The molecule has 24 heavy (non-hydrogen) atoms. The number of fused-ring (bicyclic) bond motifs is 5. The van der Waals surface area contributed by atoms with E-state index in [-0.39, 0.29) is 0 Å². The Morgan fingerprint density at radius 1 is 0.875 bits per heavy atom. The smallest absolute Gasteiger partial charge is 0.239 e. The van der Waals surface area contributed by atoms with Gasteiger partial charge >= 0.3 is 0 Å². The molecule has 0 radical (unpaired) electrons. The molecule has 0 bridgehead atoms. The number of aryl methyl sites for hydroxylation is 2. The van der Waals surface area contributed by atoms with Gasteiger partial charge in [0.25, 0.3) is 0 Å². The molecule has 0 atom stereocenters. The minimum absolute atomic E-state index is 1.29. The average molecular weight is 327 g/mol. The molecule has 0 aliphatic carbocycles. The van der Waals surface area contributed by atoms with Crippen molar-refractivity contribution in [3.63, 3.8) is 0 Å². The van der Waals surface area contributed by atoms with Crippen LogP contribution in [0.25, 0.3) is 48.3 Å². The second-order valence-corrected chi connectivity index (χ2v) is 7.83. The maximum atomic E-state index is 2.46. The molecule has 6 aromatic rings. The Labute approximate surface area is 142 Å². The standard InChI is InChI=1S/C21H15N2S/c1-12-18-19-16(8-5-9-17(19)24-12)23-15-7-4-3-6-13(15)14-10-11-22(2)21(18)20(14)23/h3-11H,1-2H3/q+1. The Morgan fingerprint density at radius 2 is 1.71 bits per heavy atom. The van der Waals surface area contributed by atoms with Crippen molar-refractivity contribution in [1.82, 2.24) is 4.40 Å². The largest absolute Gasteiger partial charge is 0.303 e. The molecule has 0 aliphatic heterocycles. The molecular formula is C21H15N2S+. The summed E-state index contributed by atoms with van der Waals surface area (Å²) in [7, 11) is 2.16. The quantitative estimate of drug-likeness (QED) is 0.268. The van der Waals surface area contributed by atoms with Gasteiger partial charge in [0.15, 0.2) is 6.20 Å². The summed E-state index contributed by atoms with van der Waals surface area (Å²) >= 11 is 1.90. The van der Waals surface area contributed by atoms with Crippen molar-refractivity contribution in [2.24, 2.45) is 7.05 Å². The number of thiophene rings is 1. The zero-order valence-corrected chi connectivity index (χ0v) is 14.3. The fourth-order valence-electron chi connectivity index (χ4n) is 4.36. The summed E-state index contributed by atoms with van der Waals surface area (Å²) in [4.78, 5) is 1.40. The first-order valence-corrected chi connectivity index (χ1v) is 9.02. The minimum Gasteiger partial charge on any atom is -0.303 e. The van der Waals surface area contributed by atoms with Gasteiger partial charge in [-0.2, -0.15) is 4.57 Å². The molecule has 0 spiro atoms. The first kappa shape index (κ1) is 12.7. The Balaban J connectivity index is 2.18. The Bertz CT molecular complexity index is 1420. The number of nitrogens with zero attached hydrogens (tertiary/aromatic N) is 2. The highest BCUT2D eigenvalue weighted by atomic mass is 32.1. The molecule has 0 unspecified atom stereocenters. The molecule has 0 aliphatic rings. The van der Waals surface area contributed by atoms with Crippen molar-refractivity contribution in [2.45, 2.75) is 6.92 Å². The number of hydrogen-bond acceptors (Lipinski definition) is 1. The van der Waals surface area contributed by atoms with Crippen LogP contribution in [0.5, 0.6) is 0 Å². The summed E-state index contributed by atoms with van der Waals surface area (Å²) in [6, 6.07) is 17.7. The number of rotatable bonds is 0. The maximum absolute atomic E-state index is 2.46. The molecule has 2 aromatic carbocycles. The molecule has 4 aromatic heterocycles. The van der Waals surface area contributed by atoms with Crippen LogP contribution in [0.1, 0.15) is 4.88 Å². The lowest BCUT2D eigenvalue weighted by molar-refractivity contribution is -0.644. The summed E-state index contributed by atoms with van der Waals surface area (Å²) in [5.41, 5.74) is 5.28. The first-order chi connectivity index (χ1) is 11.8. The van der Waals surface area contributed by atoms with Crippen LogP contribution >= 0.6 is 11.3 Å². The number of aromatic nitrogens is 2. The van der Waals surface area contributed by atoms with Crippen LogP contribution in [0.15, 0.2) is 54.7 Å². The maximum Gasteiger partial charge on any atom is 0.239 e. The summed E-state index contributed by atoms with van der Waals surface area (Å²) in [6.45, 7) is 2.25. The van der Waals surface area contributed by atoms with Gasteiger partial charge in [0, 0.05) is 31.8 Å². The molecule has 2 nitrogen and oxygen atoms in total. The van der Waals surface area contributed by atoms with Gasteiger partial charge in [0.2, 0.25) is 5.52 Å². The van der Waals surface area contributed by atoms with Crippen LogP contribution in [0, 0.1) is 6.92 Å². The topological polar surface area (TPSA) is 8.29 Å². The van der Waals surface area contributed by atoms with Crippen LogP contribution in [0.4, 0.5) is 0 Å². The van der Waals surface area contributed by atoms with Crippen LogP contribution < -0.4 is 4.57 Å². The van der Waals surface area contributed by atoms with E-state index < -0.39 is 0 Å². The van der Waals surface area contributed by atoms with Crippen LogP contribution in [-0.2, 0) is 7.05 Å². The third-order valence-corrected chi connectivity index (χ3v) is 6.37. The van der Waals surface area contributed by atoms with E-state index in [1.807, 2.05) is 11.3 Å². The zero-order valence-electron chi connectivity index (χ0n) is 13.5. The van der Waals surface area contributed by atoms with Crippen molar-refractivity contribution in [2.75, 3.05) is 0 Å². The normalized spacial score (nSPS) is 12.6. The highest BCUT2D eigenvalue weighted by Crippen LogP contribution is 2.43. The van der Waals surface area contributed by atoms with Gasteiger partial charge in [0.05, 0.1) is 16.4 Å². The highest BCUT2D eigenvalue weighted by Gasteiger charge is 2.24. The van der Waals surface area contributed by atoms with Crippen molar-refractivity contribution in [3.05, 3.63) is 59.6 Å². The molecule has 114 valence electrons. The van der Waals surface area contributed by atoms with Crippen LogP contribution in [-0.4, -0.2) is 4.40 Å². The average Bonchev–Trinajstić information content (AvgIpc) is 3.11. The van der Waals surface area contributed by atoms with Gasteiger partial charge in [-0.15, -0.1) is 11.3 Å². The van der Waals surface area contributed by atoms with E-state index in [2.05, 4.69) is 77.7 Å². The second-order valence-electron chi connectivity index (χ2n) is 6.57. The Kier molecular flexibility index (Phi) is 2.15. The zero-order chi connectivity index (χ0) is 16.0. The molecule has 0 N–H and O–H groups in total. The molecule has 0 saturated heterocycles. The predicted molar refractivity (Wildman–Crippen MR) is 102 cm³/mol. The minimum atomic E-state index is 1.29. The summed E-state index contributed by atoms with van der Waals surface area (Å²) < 4.78 is 6.12. The van der Waals surface area contributed by atoms with Crippen molar-refractivity contribution in [1.29, 1.82) is 0 Å². The first-order valence-electron chi connectivity index (χ1n) is 8.20. The molecule has 3 heteroatoms. The van der Waals surface area contributed by atoms with Gasteiger partial charge in [-0.3, -0.25) is 0 Å². The van der Waals surface area contributed by atoms with Crippen molar-refractivity contribution >= 4 is 59.6 Å². The SMILES string of the molecule is Cc1sc2cccc3c2c1c1c2c(cc[n+]1C)c1ccccc1n32. The fourth-order valence-corrected chi connectivity index (χ4v) is 5.45. The summed E-state index contributed by atoms with van der Waals surface area (Å²) in [5.74, 6) is 0. The van der Waals surface area contributed by atoms with Gasteiger partial charge in [-0.1, -0.05) is 24.3 Å². The second kappa shape index (κ2) is 4.05. The third-order valence-electron chi connectivity index (χ3n) is 5.30. The molecule has 4 heterocycles. The van der Waals surface area contributed by atoms with Crippen LogP contribution in [0.2, 0.25) is 0 Å². The summed E-state index contributed by atoms with van der Waals surface area (Å²) in [6.07, 6.45) is 2.20. The lowest BCUT2D eigenvalue weighted by Crippen LogP contribution is -2.28. The lowest BCUT2D eigenvalue weighted by atomic mass is 10.1. The van der Waals surface area contributed by atoms with Gasteiger partial charge in [-0.25, -0.2) is 0 Å². The Hall–Kier alpha value is -2.65. The molecular weight excluding hydrogens is 312 g/mol. The number of pyridine rings is 2. The van der Waals surface area contributed by atoms with Gasteiger partial charge < -0.3 is 4.40 Å². The van der Waals surface area contributed by atoms with Gasteiger partial charge in [0.1, 0.15) is 12.6 Å². The van der Waals surface area contributed by atoms with E-state index in [9.17, 15) is 0 Å². The van der Waals surface area contributed by atoms with E-state index in [4.69, 9.17) is 0 Å².